The standard InChI is InChI=1S/C27H25N5O3/c1-16-21(25(33)31(2)3)22(18-8-6-5-7-9-18)27(19-12-10-17(14-28)11-13-19)26(16,34)24-23(35-27)20(15-29)32(4)30-24/h5-13,16,21-22,34H,1-4H3/t16-,21+,22-,26-,27+/m1/s1. The number of benzene rings is 2. The minimum atomic E-state index is -1.72. The number of amides is 1. The van der Waals surface area contributed by atoms with E-state index in [1.807, 2.05) is 37.3 Å². The Kier molecular flexibility index (Phi) is 4.98. The third-order valence-corrected chi connectivity index (χ3v) is 7.62. The number of fused-ring (bicyclic) bond motifs is 3. The average Bonchev–Trinajstić information content (AvgIpc) is 3.39. The van der Waals surface area contributed by atoms with Crippen molar-refractivity contribution >= 4 is 5.91 Å². The lowest BCUT2D eigenvalue weighted by molar-refractivity contribution is -0.137. The predicted molar refractivity (Wildman–Crippen MR) is 126 cm³/mol. The fraction of sp³-hybridized carbons (Fsp3) is 0.333. The molecule has 1 N–H and O–H groups in total. The van der Waals surface area contributed by atoms with Crippen molar-refractivity contribution in [2.75, 3.05) is 14.1 Å². The van der Waals surface area contributed by atoms with Crippen LogP contribution >= 0.6 is 0 Å². The van der Waals surface area contributed by atoms with Gasteiger partial charge in [-0.3, -0.25) is 9.48 Å². The summed E-state index contributed by atoms with van der Waals surface area (Å²) in [6.07, 6.45) is 0. The number of hydrogen-bond donors (Lipinski definition) is 1. The van der Waals surface area contributed by atoms with Crippen LogP contribution in [0.25, 0.3) is 0 Å². The average molecular weight is 468 g/mol. The second-order valence-electron chi connectivity index (χ2n) is 9.49. The molecule has 1 aliphatic heterocycles. The van der Waals surface area contributed by atoms with Crippen LogP contribution in [0.5, 0.6) is 5.75 Å². The van der Waals surface area contributed by atoms with Crippen molar-refractivity contribution in [2.45, 2.75) is 24.0 Å². The fourth-order valence-corrected chi connectivity index (χ4v) is 6.05. The normalized spacial score (nSPS) is 28.4. The van der Waals surface area contributed by atoms with Crippen molar-refractivity contribution in [1.29, 1.82) is 10.5 Å². The Morgan fingerprint density at radius 1 is 1.11 bits per heavy atom. The summed E-state index contributed by atoms with van der Waals surface area (Å²) >= 11 is 0. The van der Waals surface area contributed by atoms with Gasteiger partial charge in [-0.15, -0.1) is 0 Å². The Morgan fingerprint density at radius 3 is 2.34 bits per heavy atom. The van der Waals surface area contributed by atoms with Gasteiger partial charge in [0.25, 0.3) is 0 Å². The van der Waals surface area contributed by atoms with Gasteiger partial charge in [0.1, 0.15) is 11.8 Å². The summed E-state index contributed by atoms with van der Waals surface area (Å²) in [4.78, 5) is 15.2. The van der Waals surface area contributed by atoms with Crippen LogP contribution in [0, 0.1) is 34.5 Å². The number of aliphatic hydroxyl groups is 1. The highest BCUT2D eigenvalue weighted by molar-refractivity contribution is 5.82. The van der Waals surface area contributed by atoms with Gasteiger partial charge >= 0.3 is 0 Å². The molecule has 35 heavy (non-hydrogen) atoms. The Labute approximate surface area is 203 Å². The zero-order valence-corrected chi connectivity index (χ0v) is 19.9. The van der Waals surface area contributed by atoms with E-state index in [9.17, 15) is 20.4 Å². The van der Waals surface area contributed by atoms with Gasteiger partial charge in [0.2, 0.25) is 5.91 Å². The number of nitrogens with zero attached hydrogens (tertiary/aromatic N) is 5. The number of carbonyl (C=O) groups excluding carboxylic acids is 1. The lowest BCUT2D eigenvalue weighted by Gasteiger charge is -2.41. The molecule has 1 saturated carbocycles. The highest BCUT2D eigenvalue weighted by Gasteiger charge is 2.77. The third-order valence-electron chi connectivity index (χ3n) is 7.62. The number of aryl methyl sites for hydroxylation is 1. The van der Waals surface area contributed by atoms with E-state index in [4.69, 9.17) is 4.74 Å². The topological polar surface area (TPSA) is 115 Å². The molecular weight excluding hydrogens is 442 g/mol. The van der Waals surface area contributed by atoms with Crippen LogP contribution in [0.15, 0.2) is 54.6 Å². The predicted octanol–water partition coefficient (Wildman–Crippen LogP) is 2.78. The van der Waals surface area contributed by atoms with Gasteiger partial charge in [0, 0.05) is 33.0 Å². The van der Waals surface area contributed by atoms with Crippen molar-refractivity contribution in [3.8, 4) is 17.9 Å². The first-order valence-corrected chi connectivity index (χ1v) is 11.4. The lowest BCUT2D eigenvalue weighted by Crippen LogP contribution is -2.50. The van der Waals surface area contributed by atoms with E-state index in [-0.39, 0.29) is 23.0 Å². The zero-order valence-electron chi connectivity index (χ0n) is 19.9. The van der Waals surface area contributed by atoms with Gasteiger partial charge in [-0.1, -0.05) is 49.4 Å². The molecule has 1 fully saturated rings. The second-order valence-corrected chi connectivity index (χ2v) is 9.49. The molecule has 0 bridgehead atoms. The van der Waals surface area contributed by atoms with Crippen LogP contribution in [0.1, 0.15) is 40.9 Å². The van der Waals surface area contributed by atoms with Crippen molar-refractivity contribution in [3.05, 3.63) is 82.7 Å². The first-order valence-electron chi connectivity index (χ1n) is 11.4. The zero-order chi connectivity index (χ0) is 25.1. The molecule has 5 rings (SSSR count). The van der Waals surface area contributed by atoms with Crippen molar-refractivity contribution in [1.82, 2.24) is 14.7 Å². The van der Waals surface area contributed by atoms with Crippen molar-refractivity contribution in [3.63, 3.8) is 0 Å². The quantitative estimate of drug-likeness (QED) is 0.633. The van der Waals surface area contributed by atoms with Crippen LogP contribution in [-0.2, 0) is 23.0 Å². The van der Waals surface area contributed by atoms with Crippen LogP contribution < -0.4 is 4.74 Å². The van der Waals surface area contributed by atoms with Gasteiger partial charge in [-0.05, 0) is 23.3 Å². The van der Waals surface area contributed by atoms with Crippen LogP contribution in [0.2, 0.25) is 0 Å². The van der Waals surface area contributed by atoms with E-state index >= 15 is 0 Å². The minimum Gasteiger partial charge on any atom is -0.473 e. The lowest BCUT2D eigenvalue weighted by atomic mass is 9.71. The molecule has 1 aromatic heterocycles. The molecule has 1 amide bonds. The van der Waals surface area contributed by atoms with E-state index in [0.717, 1.165) is 5.56 Å². The minimum absolute atomic E-state index is 0.135. The van der Waals surface area contributed by atoms with Crippen LogP contribution in [-0.4, -0.2) is 39.8 Å². The number of aromatic nitrogens is 2. The van der Waals surface area contributed by atoms with Crippen molar-refractivity contribution < 1.29 is 14.6 Å². The maximum absolute atomic E-state index is 13.7. The van der Waals surface area contributed by atoms with Gasteiger partial charge in [-0.25, -0.2) is 0 Å². The summed E-state index contributed by atoms with van der Waals surface area (Å²) in [5.74, 6) is -1.76. The maximum Gasteiger partial charge on any atom is 0.226 e. The summed E-state index contributed by atoms with van der Waals surface area (Å²) in [6, 6.07) is 20.6. The summed E-state index contributed by atoms with van der Waals surface area (Å²) in [5, 5.41) is 36.4. The number of nitriles is 2. The molecule has 2 aliphatic rings. The summed E-state index contributed by atoms with van der Waals surface area (Å²) in [5.41, 5.74) is -0.820. The molecule has 0 unspecified atom stereocenters. The highest BCUT2D eigenvalue weighted by atomic mass is 16.5. The first kappa shape index (κ1) is 22.6. The largest absolute Gasteiger partial charge is 0.473 e. The second kappa shape index (κ2) is 7.69. The molecule has 8 nitrogen and oxygen atoms in total. The molecule has 2 heterocycles. The Morgan fingerprint density at radius 2 is 1.77 bits per heavy atom. The smallest absolute Gasteiger partial charge is 0.226 e. The fourth-order valence-electron chi connectivity index (χ4n) is 6.05. The molecular formula is C27H25N5O3. The molecule has 1 aliphatic carbocycles. The SMILES string of the molecule is C[C@@H]1[C@H](C(=O)N(C)C)[C@@H](c2ccccc2)[C@]2(c3ccc(C#N)cc3)Oc3c(nn(C)c3C#N)[C@]12O. The van der Waals surface area contributed by atoms with E-state index in [2.05, 4.69) is 17.2 Å². The van der Waals surface area contributed by atoms with Gasteiger partial charge < -0.3 is 14.7 Å². The summed E-state index contributed by atoms with van der Waals surface area (Å²) in [7, 11) is 5.03. The molecule has 0 saturated heterocycles. The first-order chi connectivity index (χ1) is 16.7. The van der Waals surface area contributed by atoms with E-state index in [0.29, 0.717) is 11.1 Å². The summed E-state index contributed by atoms with van der Waals surface area (Å²) < 4.78 is 8.11. The number of carbonyl (C=O) groups is 1. The van der Waals surface area contributed by atoms with Crippen LogP contribution in [0.4, 0.5) is 0 Å². The molecule has 3 aromatic rings. The Hall–Kier alpha value is -4.14. The number of hydrogen-bond acceptors (Lipinski definition) is 6. The Bertz CT molecular complexity index is 1400. The van der Waals surface area contributed by atoms with Crippen molar-refractivity contribution in [2.24, 2.45) is 18.9 Å². The number of ether oxygens (including phenoxy) is 1. The van der Waals surface area contributed by atoms with E-state index in [1.165, 1.54) is 9.58 Å². The molecule has 8 heteroatoms. The van der Waals surface area contributed by atoms with E-state index < -0.39 is 29.0 Å². The summed E-state index contributed by atoms with van der Waals surface area (Å²) in [6.45, 7) is 1.84. The molecule has 5 atom stereocenters. The molecule has 2 aromatic carbocycles. The van der Waals surface area contributed by atoms with E-state index in [1.54, 1.807) is 45.4 Å². The monoisotopic (exact) mass is 467 g/mol. The molecule has 176 valence electrons. The highest BCUT2D eigenvalue weighted by Crippen LogP contribution is 2.70. The Balaban J connectivity index is 1.88. The maximum atomic E-state index is 13.7. The number of rotatable bonds is 3. The third kappa shape index (κ3) is 2.75. The van der Waals surface area contributed by atoms with Gasteiger partial charge in [-0.2, -0.15) is 15.6 Å². The van der Waals surface area contributed by atoms with Gasteiger partial charge in [0.05, 0.1) is 17.6 Å². The van der Waals surface area contributed by atoms with Crippen LogP contribution in [0.3, 0.4) is 0 Å². The molecule has 0 radical (unpaired) electrons. The molecule has 0 spiro atoms. The van der Waals surface area contributed by atoms with Gasteiger partial charge in [0.15, 0.2) is 22.6 Å².